The van der Waals surface area contributed by atoms with Crippen LogP contribution in [0.15, 0.2) is 24.3 Å². The van der Waals surface area contributed by atoms with E-state index >= 15 is 0 Å². The lowest BCUT2D eigenvalue weighted by molar-refractivity contribution is 0.0848. The van der Waals surface area contributed by atoms with Gasteiger partial charge in [0.2, 0.25) is 0 Å². The molecule has 0 spiro atoms. The van der Waals surface area contributed by atoms with Crippen molar-refractivity contribution in [2.75, 3.05) is 0 Å². The van der Waals surface area contributed by atoms with E-state index in [1.165, 1.54) is 31.2 Å². The number of ketones is 1. The first kappa shape index (κ1) is 12.9. The second-order valence-electron chi connectivity index (χ2n) is 6.30. The minimum Gasteiger partial charge on any atom is -0.319 e. The molecule has 0 bridgehead atoms. The van der Waals surface area contributed by atoms with Crippen molar-refractivity contribution in [2.45, 2.75) is 62.8 Å². The Morgan fingerprint density at radius 3 is 2.16 bits per heavy atom. The molecule has 0 heterocycles. The zero-order chi connectivity index (χ0) is 13.3. The van der Waals surface area contributed by atoms with Gasteiger partial charge in [-0.3, -0.25) is 4.79 Å². The lowest BCUT2D eigenvalue weighted by atomic mass is 9.76. The molecule has 0 amide bonds. The average molecular weight is 257 g/mol. The molecule has 2 saturated carbocycles. The van der Waals surface area contributed by atoms with Crippen LogP contribution >= 0.6 is 0 Å². The van der Waals surface area contributed by atoms with Crippen molar-refractivity contribution in [3.8, 4) is 0 Å². The summed E-state index contributed by atoms with van der Waals surface area (Å²) in [6.45, 7) is 0. The zero-order valence-electron chi connectivity index (χ0n) is 11.5. The van der Waals surface area contributed by atoms with Gasteiger partial charge in [0, 0.05) is 5.56 Å². The first-order valence-corrected chi connectivity index (χ1v) is 7.63. The Kier molecular flexibility index (Phi) is 3.44. The Labute approximate surface area is 115 Å². The standard InChI is InChI=1S/C17H23NO/c18-17(11-2-1-3-12-17)16(19)15-9-7-14(8-10-15)13-5-4-6-13/h7-10,13H,1-6,11-12,18H2. The van der Waals surface area contributed by atoms with Crippen LogP contribution in [0.4, 0.5) is 0 Å². The van der Waals surface area contributed by atoms with Crippen molar-refractivity contribution < 1.29 is 4.79 Å². The minimum atomic E-state index is -0.601. The summed E-state index contributed by atoms with van der Waals surface area (Å²) in [7, 11) is 0. The van der Waals surface area contributed by atoms with Gasteiger partial charge in [0.15, 0.2) is 5.78 Å². The molecule has 0 unspecified atom stereocenters. The van der Waals surface area contributed by atoms with Gasteiger partial charge in [-0.1, -0.05) is 49.9 Å². The van der Waals surface area contributed by atoms with Gasteiger partial charge < -0.3 is 5.73 Å². The second kappa shape index (κ2) is 5.09. The monoisotopic (exact) mass is 257 g/mol. The van der Waals surface area contributed by atoms with E-state index in [1.807, 2.05) is 12.1 Å². The summed E-state index contributed by atoms with van der Waals surface area (Å²) in [6, 6.07) is 8.23. The number of Topliss-reactive ketones (excluding diaryl/α,β-unsaturated/α-hetero) is 1. The van der Waals surface area contributed by atoms with Crippen molar-refractivity contribution in [1.29, 1.82) is 0 Å². The molecule has 2 aliphatic carbocycles. The highest BCUT2D eigenvalue weighted by molar-refractivity contribution is 6.03. The molecule has 2 heteroatoms. The van der Waals surface area contributed by atoms with Crippen molar-refractivity contribution in [2.24, 2.45) is 5.73 Å². The maximum atomic E-state index is 12.6. The quantitative estimate of drug-likeness (QED) is 0.837. The number of nitrogens with two attached hydrogens (primary N) is 1. The number of benzene rings is 1. The topological polar surface area (TPSA) is 43.1 Å². The molecule has 2 nitrogen and oxygen atoms in total. The van der Waals surface area contributed by atoms with Crippen LogP contribution in [0.1, 0.15) is 73.2 Å². The summed E-state index contributed by atoms with van der Waals surface area (Å²) in [5.41, 5.74) is 7.90. The molecule has 1 aromatic rings. The van der Waals surface area contributed by atoms with Gasteiger partial charge in [0.1, 0.15) is 0 Å². The molecular formula is C17H23NO. The van der Waals surface area contributed by atoms with Crippen LogP contribution in [-0.2, 0) is 0 Å². The van der Waals surface area contributed by atoms with Crippen molar-refractivity contribution in [3.05, 3.63) is 35.4 Å². The zero-order valence-corrected chi connectivity index (χ0v) is 11.5. The molecule has 0 aromatic heterocycles. The number of carbonyl (C=O) groups excluding carboxylic acids is 1. The molecule has 19 heavy (non-hydrogen) atoms. The van der Waals surface area contributed by atoms with Crippen LogP contribution in [0.2, 0.25) is 0 Å². The third kappa shape index (κ3) is 2.46. The van der Waals surface area contributed by atoms with E-state index in [0.29, 0.717) is 0 Å². The normalized spacial score (nSPS) is 22.8. The SMILES string of the molecule is NC1(C(=O)c2ccc(C3CCC3)cc2)CCCCC1. The lowest BCUT2D eigenvalue weighted by Gasteiger charge is -2.32. The molecule has 0 radical (unpaired) electrons. The molecule has 0 aliphatic heterocycles. The Balaban J connectivity index is 1.75. The van der Waals surface area contributed by atoms with E-state index in [-0.39, 0.29) is 5.78 Å². The van der Waals surface area contributed by atoms with E-state index in [0.717, 1.165) is 37.2 Å². The molecule has 2 N–H and O–H groups in total. The van der Waals surface area contributed by atoms with Crippen LogP contribution in [0.5, 0.6) is 0 Å². The van der Waals surface area contributed by atoms with E-state index in [4.69, 9.17) is 5.73 Å². The fraction of sp³-hybridized carbons (Fsp3) is 0.588. The number of rotatable bonds is 3. The predicted molar refractivity (Wildman–Crippen MR) is 77.4 cm³/mol. The molecule has 2 aliphatic rings. The molecule has 0 atom stereocenters. The first-order chi connectivity index (χ1) is 9.19. The Hall–Kier alpha value is -1.15. The van der Waals surface area contributed by atoms with Gasteiger partial charge in [0.25, 0.3) is 0 Å². The van der Waals surface area contributed by atoms with Crippen LogP contribution in [0.25, 0.3) is 0 Å². The Bertz CT molecular complexity index is 453. The molecule has 102 valence electrons. The summed E-state index contributed by atoms with van der Waals surface area (Å²) in [6.07, 6.45) is 9.02. The van der Waals surface area contributed by atoms with Gasteiger partial charge in [0.05, 0.1) is 5.54 Å². The van der Waals surface area contributed by atoms with Gasteiger partial charge in [-0.2, -0.15) is 0 Å². The smallest absolute Gasteiger partial charge is 0.182 e. The summed E-state index contributed by atoms with van der Waals surface area (Å²) < 4.78 is 0. The average Bonchev–Trinajstić information content (AvgIpc) is 2.38. The van der Waals surface area contributed by atoms with E-state index in [1.54, 1.807) is 0 Å². The Morgan fingerprint density at radius 2 is 1.63 bits per heavy atom. The highest BCUT2D eigenvalue weighted by Crippen LogP contribution is 2.36. The molecule has 1 aromatic carbocycles. The van der Waals surface area contributed by atoms with E-state index < -0.39 is 5.54 Å². The maximum Gasteiger partial charge on any atom is 0.182 e. The molecule has 3 rings (SSSR count). The summed E-state index contributed by atoms with van der Waals surface area (Å²) in [5.74, 6) is 0.873. The van der Waals surface area contributed by atoms with E-state index in [9.17, 15) is 4.79 Å². The van der Waals surface area contributed by atoms with Gasteiger partial charge in [-0.25, -0.2) is 0 Å². The minimum absolute atomic E-state index is 0.146. The van der Waals surface area contributed by atoms with Crippen molar-refractivity contribution in [1.82, 2.24) is 0 Å². The lowest BCUT2D eigenvalue weighted by Crippen LogP contribution is -2.49. The van der Waals surface area contributed by atoms with Gasteiger partial charge >= 0.3 is 0 Å². The number of carbonyl (C=O) groups is 1. The summed E-state index contributed by atoms with van der Waals surface area (Å²) in [5, 5.41) is 0. The third-order valence-electron chi connectivity index (χ3n) is 4.95. The highest BCUT2D eigenvalue weighted by atomic mass is 16.1. The molecule has 0 saturated heterocycles. The predicted octanol–water partition coefficient (Wildman–Crippen LogP) is 3.80. The Morgan fingerprint density at radius 1 is 1.00 bits per heavy atom. The van der Waals surface area contributed by atoms with Gasteiger partial charge in [-0.15, -0.1) is 0 Å². The second-order valence-corrected chi connectivity index (χ2v) is 6.30. The fourth-order valence-electron chi connectivity index (χ4n) is 3.35. The van der Waals surface area contributed by atoms with Crippen LogP contribution in [0, 0.1) is 0 Å². The van der Waals surface area contributed by atoms with Gasteiger partial charge in [-0.05, 0) is 37.2 Å². The van der Waals surface area contributed by atoms with Crippen molar-refractivity contribution >= 4 is 5.78 Å². The van der Waals surface area contributed by atoms with Crippen molar-refractivity contribution in [3.63, 3.8) is 0 Å². The van der Waals surface area contributed by atoms with Crippen LogP contribution in [-0.4, -0.2) is 11.3 Å². The number of hydrogen-bond acceptors (Lipinski definition) is 2. The fourth-order valence-corrected chi connectivity index (χ4v) is 3.35. The highest BCUT2D eigenvalue weighted by Gasteiger charge is 2.35. The first-order valence-electron chi connectivity index (χ1n) is 7.63. The molecule has 2 fully saturated rings. The van der Waals surface area contributed by atoms with Crippen LogP contribution in [0.3, 0.4) is 0 Å². The molecular weight excluding hydrogens is 234 g/mol. The third-order valence-corrected chi connectivity index (χ3v) is 4.95. The summed E-state index contributed by atoms with van der Waals surface area (Å²) >= 11 is 0. The summed E-state index contributed by atoms with van der Waals surface area (Å²) in [4.78, 5) is 12.6. The van der Waals surface area contributed by atoms with E-state index in [2.05, 4.69) is 12.1 Å². The largest absolute Gasteiger partial charge is 0.319 e. The van der Waals surface area contributed by atoms with Crippen LogP contribution < -0.4 is 5.73 Å². The number of hydrogen-bond donors (Lipinski definition) is 1. The maximum absolute atomic E-state index is 12.6.